The number of hydrogen-bond donors (Lipinski definition) is 1. The number of hydrogen-bond acceptors (Lipinski definition) is 5. The summed E-state index contributed by atoms with van der Waals surface area (Å²) in [5.74, 6) is 0.268. The summed E-state index contributed by atoms with van der Waals surface area (Å²) in [5.41, 5.74) is 0.535. The van der Waals surface area contributed by atoms with Crippen LogP contribution in [0.2, 0.25) is 0 Å². The van der Waals surface area contributed by atoms with Gasteiger partial charge in [0.2, 0.25) is 5.91 Å². The molecule has 2 aliphatic rings. The summed E-state index contributed by atoms with van der Waals surface area (Å²) >= 11 is 0. The van der Waals surface area contributed by atoms with Crippen LogP contribution in [-0.2, 0) is 14.8 Å². The number of fused-ring (bicyclic) bond motifs is 1. The topological polar surface area (TPSA) is 82.1 Å². The third kappa shape index (κ3) is 4.07. The minimum absolute atomic E-state index is 0.0143. The van der Waals surface area contributed by atoms with E-state index in [2.05, 4.69) is 28.5 Å². The van der Waals surface area contributed by atoms with Crippen LogP contribution in [0.3, 0.4) is 0 Å². The Morgan fingerprint density at radius 3 is 2.39 bits per heavy atom. The van der Waals surface area contributed by atoms with Crippen molar-refractivity contribution in [3.05, 3.63) is 29.8 Å². The lowest BCUT2D eigenvalue weighted by Crippen LogP contribution is -2.53. The predicted molar refractivity (Wildman–Crippen MR) is 110 cm³/mol. The molecule has 0 saturated carbocycles. The molecule has 1 saturated heterocycles. The molecule has 0 aromatic heterocycles. The lowest BCUT2D eigenvalue weighted by atomic mass is 9.97. The van der Waals surface area contributed by atoms with Crippen LogP contribution < -0.4 is 4.72 Å². The number of carbonyl (C=O) groups excluding carboxylic acids is 1. The van der Waals surface area contributed by atoms with Gasteiger partial charge >= 0.3 is 0 Å². The van der Waals surface area contributed by atoms with Crippen LogP contribution >= 0.6 is 0 Å². The first-order chi connectivity index (χ1) is 13.2. The summed E-state index contributed by atoms with van der Waals surface area (Å²) in [6.07, 6.45) is 0.785. The summed E-state index contributed by atoms with van der Waals surface area (Å²) in [6.45, 7) is 11.4. The number of amides is 1. The molecule has 28 heavy (non-hydrogen) atoms. The fraction of sp³-hybridized carbons (Fsp3) is 0.600. The fourth-order valence-corrected chi connectivity index (χ4v) is 4.90. The zero-order valence-electron chi connectivity index (χ0n) is 17.1. The van der Waals surface area contributed by atoms with E-state index in [4.69, 9.17) is 0 Å². The van der Waals surface area contributed by atoms with Crippen molar-refractivity contribution in [2.24, 2.45) is 10.9 Å². The van der Waals surface area contributed by atoms with Gasteiger partial charge in [0.05, 0.1) is 4.90 Å². The predicted octanol–water partition coefficient (Wildman–Crippen LogP) is 1.69. The maximum atomic E-state index is 13.3. The molecule has 1 aromatic rings. The number of sulfonamides is 1. The molecule has 1 amide bonds. The molecule has 7 nitrogen and oxygen atoms in total. The van der Waals surface area contributed by atoms with Gasteiger partial charge in [-0.05, 0) is 31.9 Å². The van der Waals surface area contributed by atoms with E-state index in [1.165, 1.54) is 0 Å². The van der Waals surface area contributed by atoms with Crippen molar-refractivity contribution in [3.63, 3.8) is 0 Å². The standard InChI is InChI=1S/C20H30N4O3S/c1-5-15(4)18(20(25)24-12-10-23(11-13-24)14(2)3)21-19-16-8-6-7-9-17(16)28(26,27)22-19/h6-9,14-15,18H,5,10-13H2,1-4H3,(H,21,22)/t15-,18-/m0/s1. The largest absolute Gasteiger partial charge is 0.338 e. The van der Waals surface area contributed by atoms with Gasteiger partial charge in [-0.15, -0.1) is 0 Å². The van der Waals surface area contributed by atoms with E-state index < -0.39 is 16.1 Å². The number of benzene rings is 1. The van der Waals surface area contributed by atoms with Crippen LogP contribution in [0, 0.1) is 5.92 Å². The molecular weight excluding hydrogens is 376 g/mol. The molecule has 0 bridgehead atoms. The van der Waals surface area contributed by atoms with Gasteiger partial charge in [-0.2, -0.15) is 0 Å². The highest BCUT2D eigenvalue weighted by molar-refractivity contribution is 7.90. The second-order valence-corrected chi connectivity index (χ2v) is 9.52. The van der Waals surface area contributed by atoms with E-state index in [0.717, 1.165) is 19.5 Å². The second kappa shape index (κ2) is 8.21. The van der Waals surface area contributed by atoms with Gasteiger partial charge in [0.25, 0.3) is 10.0 Å². The molecule has 2 aliphatic heterocycles. The van der Waals surface area contributed by atoms with Crippen molar-refractivity contribution < 1.29 is 13.2 Å². The highest BCUT2D eigenvalue weighted by atomic mass is 32.2. The van der Waals surface area contributed by atoms with Crippen LogP contribution in [0.1, 0.15) is 39.7 Å². The molecule has 0 aliphatic carbocycles. The third-order valence-corrected chi connectivity index (χ3v) is 7.12. The van der Waals surface area contributed by atoms with Gasteiger partial charge in [-0.3, -0.25) is 19.4 Å². The van der Waals surface area contributed by atoms with E-state index in [-0.39, 0.29) is 22.6 Å². The van der Waals surface area contributed by atoms with Crippen LogP contribution in [0.5, 0.6) is 0 Å². The zero-order valence-corrected chi connectivity index (χ0v) is 17.9. The Labute approximate surface area is 167 Å². The van der Waals surface area contributed by atoms with Gasteiger partial charge in [-0.1, -0.05) is 32.4 Å². The molecule has 3 rings (SSSR count). The first-order valence-corrected chi connectivity index (χ1v) is 11.5. The summed E-state index contributed by atoms with van der Waals surface area (Å²) in [4.78, 5) is 22.3. The Hall–Kier alpha value is -1.93. The van der Waals surface area contributed by atoms with Crippen LogP contribution in [0.4, 0.5) is 0 Å². The number of nitrogens with one attached hydrogen (secondary N) is 1. The Bertz CT molecular complexity index is 858. The molecule has 0 spiro atoms. The normalized spacial score (nSPS) is 22.8. The van der Waals surface area contributed by atoms with Crippen LogP contribution in [0.25, 0.3) is 0 Å². The quantitative estimate of drug-likeness (QED) is 0.807. The molecular formula is C20H30N4O3S. The van der Waals surface area contributed by atoms with E-state index in [0.29, 0.717) is 24.7 Å². The summed E-state index contributed by atoms with van der Waals surface area (Å²) in [6, 6.07) is 6.62. The molecule has 1 N–H and O–H groups in total. The number of rotatable bonds is 5. The van der Waals surface area contributed by atoms with E-state index in [9.17, 15) is 13.2 Å². The number of nitrogens with zero attached hydrogens (tertiary/aromatic N) is 3. The summed E-state index contributed by atoms with van der Waals surface area (Å²) in [7, 11) is -3.61. The maximum absolute atomic E-state index is 13.3. The molecule has 8 heteroatoms. The average Bonchev–Trinajstić information content (AvgIpc) is 2.95. The Morgan fingerprint density at radius 2 is 1.79 bits per heavy atom. The SMILES string of the molecule is CC[C@H](C)[C@H](N=C1NS(=O)(=O)c2ccccc21)C(=O)N1CCN(C(C)C)CC1. The molecule has 154 valence electrons. The summed E-state index contributed by atoms with van der Waals surface area (Å²) in [5, 5.41) is 0. The van der Waals surface area contributed by atoms with Gasteiger partial charge in [-0.25, -0.2) is 8.42 Å². The number of amidine groups is 1. The highest BCUT2D eigenvalue weighted by Crippen LogP contribution is 2.24. The molecule has 0 radical (unpaired) electrons. The van der Waals surface area contributed by atoms with Crippen molar-refractivity contribution in [2.75, 3.05) is 26.2 Å². The number of piperazine rings is 1. The maximum Gasteiger partial charge on any atom is 0.263 e. The zero-order chi connectivity index (χ0) is 20.5. The van der Waals surface area contributed by atoms with Crippen molar-refractivity contribution in [3.8, 4) is 0 Å². The molecule has 0 unspecified atom stereocenters. The van der Waals surface area contributed by atoms with Gasteiger partial charge in [0.1, 0.15) is 11.9 Å². The van der Waals surface area contributed by atoms with E-state index >= 15 is 0 Å². The Balaban J connectivity index is 1.86. The lowest BCUT2D eigenvalue weighted by Gasteiger charge is -2.38. The second-order valence-electron chi connectivity index (χ2n) is 7.86. The van der Waals surface area contributed by atoms with Crippen molar-refractivity contribution in [1.29, 1.82) is 0 Å². The van der Waals surface area contributed by atoms with E-state index in [1.54, 1.807) is 24.3 Å². The monoisotopic (exact) mass is 406 g/mol. The molecule has 1 aromatic carbocycles. The molecule has 1 fully saturated rings. The lowest BCUT2D eigenvalue weighted by molar-refractivity contribution is -0.135. The first kappa shape index (κ1) is 20.8. The number of aliphatic imine (C=N–C) groups is 1. The van der Waals surface area contributed by atoms with Gasteiger partial charge < -0.3 is 4.90 Å². The van der Waals surface area contributed by atoms with E-state index in [1.807, 2.05) is 18.7 Å². The fourth-order valence-electron chi connectivity index (χ4n) is 3.66. The molecule has 2 atom stereocenters. The minimum Gasteiger partial charge on any atom is -0.338 e. The van der Waals surface area contributed by atoms with Gasteiger partial charge in [0, 0.05) is 37.8 Å². The van der Waals surface area contributed by atoms with Crippen LogP contribution in [-0.4, -0.2) is 68.2 Å². The first-order valence-electron chi connectivity index (χ1n) is 9.97. The van der Waals surface area contributed by atoms with Crippen molar-refractivity contribution in [1.82, 2.24) is 14.5 Å². The van der Waals surface area contributed by atoms with Gasteiger partial charge in [0.15, 0.2) is 0 Å². The van der Waals surface area contributed by atoms with Crippen molar-refractivity contribution >= 4 is 21.8 Å². The summed E-state index contributed by atoms with van der Waals surface area (Å²) < 4.78 is 27.3. The Kier molecular flexibility index (Phi) is 6.09. The average molecular weight is 407 g/mol. The number of carbonyl (C=O) groups is 1. The smallest absolute Gasteiger partial charge is 0.263 e. The van der Waals surface area contributed by atoms with Crippen molar-refractivity contribution in [2.45, 2.75) is 51.1 Å². The molecule has 2 heterocycles. The minimum atomic E-state index is -3.61. The van der Waals surface area contributed by atoms with Crippen LogP contribution in [0.15, 0.2) is 34.2 Å². The highest BCUT2D eigenvalue weighted by Gasteiger charge is 2.35. The third-order valence-electron chi connectivity index (χ3n) is 5.72. The Morgan fingerprint density at radius 1 is 1.14 bits per heavy atom.